The molecule has 0 aliphatic carbocycles. The predicted molar refractivity (Wildman–Crippen MR) is 56.0 cm³/mol. The van der Waals surface area contributed by atoms with Crippen molar-refractivity contribution in [3.8, 4) is 23.1 Å². The molecule has 0 bridgehead atoms. The van der Waals surface area contributed by atoms with Crippen LogP contribution >= 0.6 is 0 Å². The van der Waals surface area contributed by atoms with Crippen molar-refractivity contribution in [2.45, 2.75) is 0 Å². The van der Waals surface area contributed by atoms with Crippen LogP contribution in [0.3, 0.4) is 0 Å². The van der Waals surface area contributed by atoms with E-state index in [4.69, 9.17) is 5.26 Å². The van der Waals surface area contributed by atoms with Gasteiger partial charge < -0.3 is 5.11 Å². The van der Waals surface area contributed by atoms with Gasteiger partial charge in [-0.1, -0.05) is 0 Å². The van der Waals surface area contributed by atoms with Crippen LogP contribution in [0.2, 0.25) is 0 Å². The highest BCUT2D eigenvalue weighted by Gasteiger charge is 2.07. The quantitative estimate of drug-likeness (QED) is 0.793. The molecule has 0 aliphatic heterocycles. The number of nitriles is 1. The molecule has 1 aromatic carbocycles. The molecule has 0 amide bonds. The second kappa shape index (κ2) is 3.99. The Labute approximate surface area is 91.4 Å². The molecule has 4 heteroatoms. The first-order valence-electron chi connectivity index (χ1n) is 4.56. The normalized spacial score (nSPS) is 9.75. The van der Waals surface area contributed by atoms with Gasteiger partial charge in [-0.2, -0.15) is 5.26 Å². The number of nitrogens with zero attached hydrogens (tertiary/aromatic N) is 2. The maximum Gasteiger partial charge on any atom is 0.141 e. The summed E-state index contributed by atoms with van der Waals surface area (Å²) in [6.07, 6.45) is 1.49. The van der Waals surface area contributed by atoms with Crippen LogP contribution in [0.5, 0.6) is 5.75 Å². The Bertz CT molecular complexity index is 575. The predicted octanol–water partition coefficient (Wildman–Crippen LogP) is 2.46. The van der Waals surface area contributed by atoms with Crippen molar-refractivity contribution in [1.29, 1.82) is 5.26 Å². The molecule has 78 valence electrons. The van der Waals surface area contributed by atoms with Gasteiger partial charge in [0.25, 0.3) is 0 Å². The zero-order chi connectivity index (χ0) is 11.5. The minimum atomic E-state index is -0.529. The minimum absolute atomic E-state index is 0.0445. The molecule has 0 saturated carbocycles. The van der Waals surface area contributed by atoms with E-state index in [0.29, 0.717) is 5.56 Å². The number of benzene rings is 1. The van der Waals surface area contributed by atoms with Crippen LogP contribution in [0.15, 0.2) is 36.5 Å². The molecule has 1 N–H and O–H groups in total. The van der Waals surface area contributed by atoms with E-state index in [9.17, 15) is 9.50 Å². The number of aromatic nitrogens is 1. The second-order valence-electron chi connectivity index (χ2n) is 3.21. The van der Waals surface area contributed by atoms with E-state index in [2.05, 4.69) is 4.98 Å². The number of pyridine rings is 1. The summed E-state index contributed by atoms with van der Waals surface area (Å²) in [5, 5.41) is 18.3. The Morgan fingerprint density at radius 2 is 2.12 bits per heavy atom. The molecule has 2 aromatic rings. The topological polar surface area (TPSA) is 56.9 Å². The molecule has 16 heavy (non-hydrogen) atoms. The van der Waals surface area contributed by atoms with Crippen molar-refractivity contribution in [1.82, 2.24) is 4.98 Å². The molecular weight excluding hydrogens is 207 g/mol. The lowest BCUT2D eigenvalue weighted by atomic mass is 10.1. The van der Waals surface area contributed by atoms with E-state index in [-0.39, 0.29) is 17.0 Å². The lowest BCUT2D eigenvalue weighted by molar-refractivity contribution is 0.475. The fraction of sp³-hybridized carbons (Fsp3) is 0. The lowest BCUT2D eigenvalue weighted by Gasteiger charge is -2.03. The number of halogens is 1. The monoisotopic (exact) mass is 214 g/mol. The van der Waals surface area contributed by atoms with Crippen LogP contribution in [0, 0.1) is 17.1 Å². The smallest absolute Gasteiger partial charge is 0.141 e. The average Bonchev–Trinajstić information content (AvgIpc) is 2.28. The van der Waals surface area contributed by atoms with E-state index in [1.54, 1.807) is 6.07 Å². The van der Waals surface area contributed by atoms with Gasteiger partial charge in [-0.25, -0.2) is 4.39 Å². The molecule has 1 aromatic heterocycles. The van der Waals surface area contributed by atoms with E-state index < -0.39 is 5.82 Å². The fourth-order valence-corrected chi connectivity index (χ4v) is 1.41. The Morgan fingerprint density at radius 1 is 1.31 bits per heavy atom. The van der Waals surface area contributed by atoms with Crippen molar-refractivity contribution in [3.63, 3.8) is 0 Å². The van der Waals surface area contributed by atoms with Gasteiger partial charge in [0.05, 0.1) is 11.6 Å². The highest BCUT2D eigenvalue weighted by Crippen LogP contribution is 2.27. The lowest BCUT2D eigenvalue weighted by Crippen LogP contribution is -1.87. The van der Waals surface area contributed by atoms with Gasteiger partial charge >= 0.3 is 0 Å². The largest absolute Gasteiger partial charge is 0.506 e. The van der Waals surface area contributed by atoms with Crippen LogP contribution in [0.25, 0.3) is 11.3 Å². The van der Waals surface area contributed by atoms with Gasteiger partial charge in [-0.15, -0.1) is 0 Å². The zero-order valence-corrected chi connectivity index (χ0v) is 8.18. The molecule has 0 fully saturated rings. The van der Waals surface area contributed by atoms with Gasteiger partial charge in [-0.3, -0.25) is 4.98 Å². The molecule has 3 nitrogen and oxygen atoms in total. The SMILES string of the molecule is N#Cc1cc(F)cc(-c2ncccc2O)c1. The molecule has 1 heterocycles. The third-order valence-corrected chi connectivity index (χ3v) is 2.09. The first kappa shape index (κ1) is 10.1. The van der Waals surface area contributed by atoms with E-state index in [1.807, 2.05) is 6.07 Å². The molecular formula is C12H7FN2O. The van der Waals surface area contributed by atoms with E-state index in [0.717, 1.165) is 6.07 Å². The molecule has 2 rings (SSSR count). The van der Waals surface area contributed by atoms with Gasteiger partial charge in [0.15, 0.2) is 0 Å². The van der Waals surface area contributed by atoms with Gasteiger partial charge in [0.2, 0.25) is 0 Å². The Hall–Kier alpha value is -2.41. The van der Waals surface area contributed by atoms with Crippen LogP contribution < -0.4 is 0 Å². The van der Waals surface area contributed by atoms with Gasteiger partial charge in [0, 0.05) is 11.8 Å². The van der Waals surface area contributed by atoms with E-state index >= 15 is 0 Å². The molecule has 0 aliphatic rings. The number of rotatable bonds is 1. The van der Waals surface area contributed by atoms with Crippen LogP contribution in [0.1, 0.15) is 5.56 Å². The maximum atomic E-state index is 13.2. The molecule has 0 radical (unpaired) electrons. The number of hydrogen-bond donors (Lipinski definition) is 1. The van der Waals surface area contributed by atoms with Crippen molar-refractivity contribution in [2.24, 2.45) is 0 Å². The summed E-state index contributed by atoms with van der Waals surface area (Å²) in [6, 6.07) is 8.71. The summed E-state index contributed by atoms with van der Waals surface area (Å²) in [5.41, 5.74) is 0.841. The summed E-state index contributed by atoms with van der Waals surface area (Å²) >= 11 is 0. The number of aromatic hydroxyl groups is 1. The summed E-state index contributed by atoms with van der Waals surface area (Å²) in [6.45, 7) is 0. The van der Waals surface area contributed by atoms with Crippen molar-refractivity contribution < 1.29 is 9.50 Å². The summed E-state index contributed by atoms with van der Waals surface area (Å²) in [4.78, 5) is 3.94. The third-order valence-electron chi connectivity index (χ3n) is 2.09. The van der Waals surface area contributed by atoms with E-state index in [1.165, 1.54) is 24.4 Å². The third kappa shape index (κ3) is 1.84. The van der Waals surface area contributed by atoms with Crippen LogP contribution in [-0.4, -0.2) is 10.1 Å². The zero-order valence-electron chi connectivity index (χ0n) is 8.18. The summed E-state index contributed by atoms with van der Waals surface area (Å²) < 4.78 is 13.2. The maximum absolute atomic E-state index is 13.2. The van der Waals surface area contributed by atoms with Crippen LogP contribution in [-0.2, 0) is 0 Å². The Kier molecular flexibility index (Phi) is 2.52. The standard InChI is InChI=1S/C12H7FN2O/c13-10-5-8(7-14)4-9(6-10)12-11(16)2-1-3-15-12/h1-6,16H. The highest BCUT2D eigenvalue weighted by atomic mass is 19.1. The average molecular weight is 214 g/mol. The first-order valence-corrected chi connectivity index (χ1v) is 4.56. The fourth-order valence-electron chi connectivity index (χ4n) is 1.41. The Balaban J connectivity index is 2.61. The molecule has 0 atom stereocenters. The summed E-state index contributed by atoms with van der Waals surface area (Å²) in [7, 11) is 0. The molecule has 0 spiro atoms. The van der Waals surface area contributed by atoms with Crippen molar-refractivity contribution in [3.05, 3.63) is 47.9 Å². The molecule has 0 unspecified atom stereocenters. The van der Waals surface area contributed by atoms with Crippen LogP contribution in [0.4, 0.5) is 4.39 Å². The van der Waals surface area contributed by atoms with Gasteiger partial charge in [-0.05, 0) is 30.3 Å². The number of hydrogen-bond acceptors (Lipinski definition) is 3. The Morgan fingerprint density at radius 3 is 2.81 bits per heavy atom. The second-order valence-corrected chi connectivity index (χ2v) is 3.21. The minimum Gasteiger partial charge on any atom is -0.506 e. The first-order chi connectivity index (χ1) is 7.70. The summed E-state index contributed by atoms with van der Waals surface area (Å²) in [5.74, 6) is -0.573. The highest BCUT2D eigenvalue weighted by molar-refractivity contribution is 5.67. The molecule has 0 saturated heterocycles. The van der Waals surface area contributed by atoms with Gasteiger partial charge in [0.1, 0.15) is 17.3 Å². The van der Waals surface area contributed by atoms with Crippen molar-refractivity contribution in [2.75, 3.05) is 0 Å². The van der Waals surface area contributed by atoms with Crippen molar-refractivity contribution >= 4 is 0 Å².